The van der Waals surface area contributed by atoms with Crippen molar-refractivity contribution in [3.8, 4) is 0 Å². The second-order valence-corrected chi connectivity index (χ2v) is 4.43. The average Bonchev–Trinajstić information content (AvgIpc) is 2.76. The first-order chi connectivity index (χ1) is 8.58. The number of hydrogen-bond acceptors (Lipinski definition) is 3. The van der Waals surface area contributed by atoms with E-state index in [1.54, 1.807) is 12.1 Å². The number of carbonyl (C=O) groups is 2. The molecular formula is C13H15NO4. The van der Waals surface area contributed by atoms with Crippen LogP contribution in [0, 0.1) is 5.92 Å². The third-order valence-corrected chi connectivity index (χ3v) is 3.05. The second-order valence-electron chi connectivity index (χ2n) is 4.43. The number of amides is 1. The zero-order valence-electron chi connectivity index (χ0n) is 10.1. The molecule has 0 bridgehead atoms. The Morgan fingerprint density at radius 2 is 2.00 bits per heavy atom. The highest BCUT2D eigenvalue weighted by molar-refractivity contribution is 5.95. The summed E-state index contributed by atoms with van der Waals surface area (Å²) in [6.45, 7) is 2.59. The van der Waals surface area contributed by atoms with E-state index in [1.807, 2.05) is 6.92 Å². The number of anilines is 1. The first kappa shape index (κ1) is 12.6. The highest BCUT2D eigenvalue weighted by atomic mass is 16.5. The van der Waals surface area contributed by atoms with Crippen LogP contribution in [0.4, 0.5) is 5.69 Å². The Labute approximate surface area is 105 Å². The quantitative estimate of drug-likeness (QED) is 0.855. The average molecular weight is 249 g/mol. The summed E-state index contributed by atoms with van der Waals surface area (Å²) in [5.74, 6) is -0.952. The van der Waals surface area contributed by atoms with Crippen LogP contribution in [0.15, 0.2) is 24.3 Å². The van der Waals surface area contributed by atoms with Crippen LogP contribution in [-0.4, -0.2) is 29.7 Å². The molecule has 1 aliphatic rings. The van der Waals surface area contributed by atoms with Gasteiger partial charge in [-0.3, -0.25) is 4.79 Å². The van der Waals surface area contributed by atoms with Gasteiger partial charge in [0.05, 0.1) is 5.56 Å². The highest BCUT2D eigenvalue weighted by Crippen LogP contribution is 2.21. The number of rotatable bonds is 3. The molecule has 0 radical (unpaired) electrons. The Hall–Kier alpha value is -1.88. The van der Waals surface area contributed by atoms with E-state index in [2.05, 4.69) is 5.32 Å². The molecule has 1 aromatic carbocycles. The molecule has 1 saturated heterocycles. The van der Waals surface area contributed by atoms with Gasteiger partial charge in [-0.25, -0.2) is 4.79 Å². The molecule has 2 rings (SSSR count). The van der Waals surface area contributed by atoms with Crippen molar-refractivity contribution in [3.63, 3.8) is 0 Å². The zero-order chi connectivity index (χ0) is 13.1. The van der Waals surface area contributed by atoms with Gasteiger partial charge in [-0.05, 0) is 36.6 Å². The summed E-state index contributed by atoms with van der Waals surface area (Å²) in [6.07, 6.45) is 0.472. The van der Waals surface area contributed by atoms with Gasteiger partial charge in [0.15, 0.2) is 0 Å². The lowest BCUT2D eigenvalue weighted by Crippen LogP contribution is -2.31. The summed E-state index contributed by atoms with van der Waals surface area (Å²) in [7, 11) is 0. The summed E-state index contributed by atoms with van der Waals surface area (Å²) in [6, 6.07) is 6.05. The van der Waals surface area contributed by atoms with E-state index >= 15 is 0 Å². The molecule has 5 heteroatoms. The number of aromatic carboxylic acids is 1. The van der Waals surface area contributed by atoms with Crippen molar-refractivity contribution in [1.82, 2.24) is 0 Å². The van der Waals surface area contributed by atoms with Gasteiger partial charge >= 0.3 is 5.97 Å². The van der Waals surface area contributed by atoms with Gasteiger partial charge in [0, 0.05) is 12.3 Å². The van der Waals surface area contributed by atoms with Gasteiger partial charge in [0.1, 0.15) is 6.10 Å². The van der Waals surface area contributed by atoms with Gasteiger partial charge in [-0.15, -0.1) is 0 Å². The summed E-state index contributed by atoms with van der Waals surface area (Å²) < 4.78 is 5.36. The predicted octanol–water partition coefficient (Wildman–Crippen LogP) is 1.75. The first-order valence-electron chi connectivity index (χ1n) is 5.84. The molecule has 1 fully saturated rings. The largest absolute Gasteiger partial charge is 0.478 e. The van der Waals surface area contributed by atoms with E-state index in [4.69, 9.17) is 9.84 Å². The van der Waals surface area contributed by atoms with Crippen molar-refractivity contribution in [2.24, 2.45) is 5.92 Å². The minimum atomic E-state index is -0.986. The van der Waals surface area contributed by atoms with Crippen molar-refractivity contribution in [2.45, 2.75) is 19.4 Å². The number of carboxylic acid groups (broad SMARTS) is 1. The van der Waals surface area contributed by atoms with Gasteiger partial charge < -0.3 is 15.2 Å². The molecule has 1 aliphatic heterocycles. The lowest BCUT2D eigenvalue weighted by atomic mass is 10.0. The monoisotopic (exact) mass is 249 g/mol. The summed E-state index contributed by atoms with van der Waals surface area (Å²) >= 11 is 0. The lowest BCUT2D eigenvalue weighted by molar-refractivity contribution is -0.126. The predicted molar refractivity (Wildman–Crippen MR) is 65.6 cm³/mol. The standard InChI is InChI=1S/C13H15NO4/c1-8-6-7-18-11(8)12(15)14-10-4-2-9(3-5-10)13(16)17/h2-5,8,11H,6-7H2,1H3,(H,14,15)(H,16,17). The summed E-state index contributed by atoms with van der Waals surface area (Å²) in [5.41, 5.74) is 0.770. The van der Waals surface area contributed by atoms with Crippen molar-refractivity contribution in [1.29, 1.82) is 0 Å². The molecule has 5 nitrogen and oxygen atoms in total. The Kier molecular flexibility index (Phi) is 3.62. The molecule has 0 saturated carbocycles. The van der Waals surface area contributed by atoms with Crippen LogP contribution in [0.3, 0.4) is 0 Å². The maximum Gasteiger partial charge on any atom is 0.335 e. The Morgan fingerprint density at radius 1 is 1.33 bits per heavy atom. The van der Waals surface area contributed by atoms with Gasteiger partial charge in [-0.1, -0.05) is 6.92 Å². The number of hydrogen-bond donors (Lipinski definition) is 2. The van der Waals surface area contributed by atoms with E-state index in [1.165, 1.54) is 12.1 Å². The fourth-order valence-corrected chi connectivity index (χ4v) is 1.94. The molecule has 0 aliphatic carbocycles. The molecule has 1 aromatic rings. The summed E-state index contributed by atoms with van der Waals surface area (Å²) in [5, 5.41) is 11.5. The van der Waals surface area contributed by atoms with Crippen LogP contribution < -0.4 is 5.32 Å². The lowest BCUT2D eigenvalue weighted by Gasteiger charge is -2.14. The molecule has 2 N–H and O–H groups in total. The van der Waals surface area contributed by atoms with E-state index in [-0.39, 0.29) is 17.4 Å². The maximum absolute atomic E-state index is 11.9. The number of carbonyl (C=O) groups excluding carboxylic acids is 1. The molecule has 2 unspecified atom stereocenters. The van der Waals surface area contributed by atoms with Crippen molar-refractivity contribution in [2.75, 3.05) is 11.9 Å². The van der Waals surface area contributed by atoms with E-state index < -0.39 is 12.1 Å². The fraction of sp³-hybridized carbons (Fsp3) is 0.385. The van der Waals surface area contributed by atoms with Crippen LogP contribution in [-0.2, 0) is 9.53 Å². The second kappa shape index (κ2) is 5.18. The molecule has 0 spiro atoms. The van der Waals surface area contributed by atoms with E-state index in [0.29, 0.717) is 12.3 Å². The van der Waals surface area contributed by atoms with Crippen molar-refractivity contribution < 1.29 is 19.4 Å². The third-order valence-electron chi connectivity index (χ3n) is 3.05. The molecule has 1 heterocycles. The third kappa shape index (κ3) is 2.68. The summed E-state index contributed by atoms with van der Waals surface area (Å²) in [4.78, 5) is 22.6. The van der Waals surface area contributed by atoms with Gasteiger partial charge in [0.2, 0.25) is 0 Å². The minimum absolute atomic E-state index is 0.178. The molecular weight excluding hydrogens is 234 g/mol. The van der Waals surface area contributed by atoms with E-state index in [9.17, 15) is 9.59 Å². The Morgan fingerprint density at radius 3 is 2.50 bits per heavy atom. The van der Waals surface area contributed by atoms with Crippen LogP contribution in [0.1, 0.15) is 23.7 Å². The smallest absolute Gasteiger partial charge is 0.335 e. The molecule has 1 amide bonds. The highest BCUT2D eigenvalue weighted by Gasteiger charge is 2.30. The maximum atomic E-state index is 11.9. The Balaban J connectivity index is 2.00. The fourth-order valence-electron chi connectivity index (χ4n) is 1.94. The van der Waals surface area contributed by atoms with Crippen molar-refractivity contribution in [3.05, 3.63) is 29.8 Å². The molecule has 2 atom stereocenters. The molecule has 0 aromatic heterocycles. The van der Waals surface area contributed by atoms with Gasteiger partial charge in [-0.2, -0.15) is 0 Å². The molecule has 96 valence electrons. The van der Waals surface area contributed by atoms with E-state index in [0.717, 1.165) is 6.42 Å². The number of ether oxygens (including phenoxy) is 1. The Bertz CT molecular complexity index is 455. The van der Waals surface area contributed by atoms with Crippen LogP contribution in [0.2, 0.25) is 0 Å². The van der Waals surface area contributed by atoms with Crippen molar-refractivity contribution >= 4 is 17.6 Å². The number of benzene rings is 1. The first-order valence-corrected chi connectivity index (χ1v) is 5.84. The topological polar surface area (TPSA) is 75.6 Å². The van der Waals surface area contributed by atoms with Crippen LogP contribution in [0.5, 0.6) is 0 Å². The van der Waals surface area contributed by atoms with Gasteiger partial charge in [0.25, 0.3) is 5.91 Å². The SMILES string of the molecule is CC1CCOC1C(=O)Nc1ccc(C(=O)O)cc1. The van der Waals surface area contributed by atoms with Crippen LogP contribution >= 0.6 is 0 Å². The zero-order valence-corrected chi connectivity index (χ0v) is 10.1. The normalized spacial score (nSPS) is 22.7. The number of nitrogens with one attached hydrogen (secondary N) is 1. The minimum Gasteiger partial charge on any atom is -0.478 e. The van der Waals surface area contributed by atoms with Crippen LogP contribution in [0.25, 0.3) is 0 Å². The molecule has 18 heavy (non-hydrogen) atoms. The number of carboxylic acids is 1.